The van der Waals surface area contributed by atoms with E-state index in [1.165, 1.54) is 5.30 Å². The van der Waals surface area contributed by atoms with Gasteiger partial charge in [0.1, 0.15) is 0 Å². The molecule has 0 N–H and O–H groups in total. The molecule has 3 heteroatoms. The lowest BCUT2D eigenvalue weighted by atomic mass is 10.4. The highest BCUT2D eigenvalue weighted by Gasteiger charge is 2.29. The predicted octanol–water partition coefficient (Wildman–Crippen LogP) is 4.38. The molecule has 0 bridgehead atoms. The maximum Gasteiger partial charge on any atom is 0.0169 e. The predicted molar refractivity (Wildman–Crippen MR) is 83.5 cm³/mol. The zero-order chi connectivity index (χ0) is 12.4. The van der Waals surface area contributed by atoms with Gasteiger partial charge in [-0.2, -0.15) is 4.91 Å². The molecule has 0 fully saturated rings. The quantitative estimate of drug-likeness (QED) is 0.561. The standard InChI is InChI=1S/C13H24PSi2/c1-15(2,3)13(16(4,5)6)14-12-10-8-7-9-11-12/h7-11,13H,1-6H3/q-1. The summed E-state index contributed by atoms with van der Waals surface area (Å²) in [5.41, 5.74) is 0. The van der Waals surface area contributed by atoms with E-state index in [9.17, 15) is 0 Å². The summed E-state index contributed by atoms with van der Waals surface area (Å²) in [4.78, 5) is 0.947. The number of hydrogen-bond acceptors (Lipinski definition) is 0. The van der Waals surface area contributed by atoms with Crippen LogP contribution in [0.5, 0.6) is 0 Å². The van der Waals surface area contributed by atoms with E-state index in [4.69, 9.17) is 0 Å². The summed E-state index contributed by atoms with van der Waals surface area (Å²) in [6, 6.07) is 11.0. The molecule has 1 aromatic rings. The Morgan fingerprint density at radius 2 is 1.25 bits per heavy atom. The molecule has 0 amide bonds. The third-order valence-corrected chi connectivity index (χ3v) is 17.4. The van der Waals surface area contributed by atoms with Crippen molar-refractivity contribution in [2.45, 2.75) is 44.2 Å². The Kier molecular flexibility index (Phi) is 4.56. The fourth-order valence-electron chi connectivity index (χ4n) is 2.35. The molecule has 0 aliphatic heterocycles. The van der Waals surface area contributed by atoms with Gasteiger partial charge in [0, 0.05) is 16.1 Å². The largest absolute Gasteiger partial charge is 0.509 e. The van der Waals surface area contributed by atoms with Gasteiger partial charge in [-0.05, 0) is 0 Å². The minimum Gasteiger partial charge on any atom is -0.509 e. The highest BCUT2D eigenvalue weighted by atomic mass is 31.1. The molecule has 0 aliphatic rings. The highest BCUT2D eigenvalue weighted by Crippen LogP contribution is 2.34. The molecule has 0 atom stereocenters. The number of rotatable bonds is 4. The topological polar surface area (TPSA) is 0 Å². The minimum atomic E-state index is -1.06. The van der Waals surface area contributed by atoms with Gasteiger partial charge in [-0.25, -0.2) is 5.30 Å². The molecule has 0 aromatic heterocycles. The van der Waals surface area contributed by atoms with Crippen molar-refractivity contribution in [1.29, 1.82) is 0 Å². The summed E-state index contributed by atoms with van der Waals surface area (Å²) in [5.74, 6) is 0. The van der Waals surface area contributed by atoms with Gasteiger partial charge in [0.15, 0.2) is 0 Å². The summed E-state index contributed by atoms with van der Waals surface area (Å²) >= 11 is 0. The molecular formula is C13H24PSi2-. The first-order valence-electron chi connectivity index (χ1n) is 5.97. The fourth-order valence-corrected chi connectivity index (χ4v) is 17.4. The fraction of sp³-hybridized carbons (Fsp3) is 0.538. The van der Waals surface area contributed by atoms with Crippen LogP contribution in [0.3, 0.4) is 0 Å². The molecular weight excluding hydrogens is 243 g/mol. The van der Waals surface area contributed by atoms with Gasteiger partial charge >= 0.3 is 0 Å². The molecule has 0 spiro atoms. The van der Waals surface area contributed by atoms with Crippen LogP contribution in [0.2, 0.25) is 39.3 Å². The highest BCUT2D eigenvalue weighted by molar-refractivity contribution is 7.56. The average Bonchev–Trinajstić information content (AvgIpc) is 2.12. The van der Waals surface area contributed by atoms with Crippen LogP contribution in [0, 0.1) is 0 Å². The van der Waals surface area contributed by atoms with E-state index >= 15 is 0 Å². The van der Waals surface area contributed by atoms with E-state index in [1.807, 2.05) is 0 Å². The maximum absolute atomic E-state index is 2.52. The van der Waals surface area contributed by atoms with Gasteiger partial charge in [-0.1, -0.05) is 69.6 Å². The molecule has 1 rings (SSSR count). The van der Waals surface area contributed by atoms with Crippen molar-refractivity contribution >= 4 is 30.0 Å². The third kappa shape index (κ3) is 4.16. The molecule has 0 unspecified atom stereocenters. The van der Waals surface area contributed by atoms with Crippen molar-refractivity contribution in [3.8, 4) is 0 Å². The van der Waals surface area contributed by atoms with Crippen LogP contribution >= 0.6 is 8.58 Å². The van der Waals surface area contributed by atoms with Crippen molar-refractivity contribution in [1.82, 2.24) is 0 Å². The number of hydrogen-bond donors (Lipinski definition) is 0. The molecule has 0 aliphatic carbocycles. The normalized spacial score (nSPS) is 13.9. The first-order valence-corrected chi connectivity index (χ1v) is 14.1. The van der Waals surface area contributed by atoms with E-state index in [0.717, 1.165) is 4.91 Å². The second-order valence-corrected chi connectivity index (χ2v) is 20.1. The molecule has 16 heavy (non-hydrogen) atoms. The van der Waals surface area contributed by atoms with E-state index < -0.39 is 16.1 Å². The van der Waals surface area contributed by atoms with Gasteiger partial charge in [0.25, 0.3) is 0 Å². The van der Waals surface area contributed by atoms with Crippen LogP contribution in [0.1, 0.15) is 0 Å². The monoisotopic (exact) mass is 267 g/mol. The van der Waals surface area contributed by atoms with Crippen LogP contribution in [-0.4, -0.2) is 21.1 Å². The van der Waals surface area contributed by atoms with Crippen molar-refractivity contribution in [3.05, 3.63) is 30.3 Å². The second kappa shape index (κ2) is 5.16. The van der Waals surface area contributed by atoms with Crippen molar-refractivity contribution in [2.24, 2.45) is 0 Å². The van der Waals surface area contributed by atoms with Gasteiger partial charge in [0.2, 0.25) is 0 Å². The lowest BCUT2D eigenvalue weighted by Gasteiger charge is -2.49. The zero-order valence-electron chi connectivity index (χ0n) is 11.4. The molecule has 90 valence electrons. The second-order valence-electron chi connectivity index (χ2n) is 6.60. The van der Waals surface area contributed by atoms with E-state index in [-0.39, 0.29) is 0 Å². The Hall–Kier alpha value is 0.0838. The molecule has 0 saturated heterocycles. The molecule has 0 saturated carbocycles. The first-order chi connectivity index (χ1) is 7.21. The van der Waals surface area contributed by atoms with Crippen LogP contribution in [0.15, 0.2) is 30.3 Å². The molecule has 0 nitrogen and oxygen atoms in total. The smallest absolute Gasteiger partial charge is 0.0169 e. The number of benzene rings is 1. The lowest BCUT2D eigenvalue weighted by Crippen LogP contribution is -2.51. The summed E-state index contributed by atoms with van der Waals surface area (Å²) < 4.78 is 0. The van der Waals surface area contributed by atoms with Crippen LogP contribution < -0.4 is 5.30 Å². The van der Waals surface area contributed by atoms with Crippen molar-refractivity contribution in [3.63, 3.8) is 0 Å². The average molecular weight is 267 g/mol. The Balaban J connectivity index is 2.89. The third-order valence-electron chi connectivity index (χ3n) is 2.67. The van der Waals surface area contributed by atoms with E-state index in [0.29, 0.717) is 0 Å². The Morgan fingerprint density at radius 3 is 1.62 bits per heavy atom. The van der Waals surface area contributed by atoms with Crippen LogP contribution in [0.4, 0.5) is 0 Å². The summed E-state index contributed by atoms with van der Waals surface area (Å²) in [6.07, 6.45) is 0. The summed E-state index contributed by atoms with van der Waals surface area (Å²) in [6.45, 7) is 15.1. The Morgan fingerprint density at radius 1 is 0.812 bits per heavy atom. The van der Waals surface area contributed by atoms with Gasteiger partial charge in [-0.15, -0.1) is 0 Å². The lowest BCUT2D eigenvalue weighted by molar-refractivity contribution is 1.46. The van der Waals surface area contributed by atoms with Gasteiger partial charge < -0.3 is 8.58 Å². The maximum atomic E-state index is 2.52. The first kappa shape index (κ1) is 14.1. The van der Waals surface area contributed by atoms with Crippen molar-refractivity contribution < 1.29 is 0 Å². The van der Waals surface area contributed by atoms with Crippen LogP contribution in [0.25, 0.3) is 0 Å². The summed E-state index contributed by atoms with van der Waals surface area (Å²) in [7, 11) is -0.537. The van der Waals surface area contributed by atoms with E-state index in [1.54, 1.807) is 8.58 Å². The van der Waals surface area contributed by atoms with Gasteiger partial charge in [-0.3, -0.25) is 0 Å². The molecule has 0 radical (unpaired) electrons. The van der Waals surface area contributed by atoms with Crippen molar-refractivity contribution in [2.75, 3.05) is 0 Å². The SMILES string of the molecule is C[Si](C)(C)C([P-]c1ccccc1)[Si](C)(C)C. The Bertz CT molecular complexity index is 308. The zero-order valence-corrected chi connectivity index (χ0v) is 14.3. The minimum absolute atomic E-state index is 0.947. The van der Waals surface area contributed by atoms with Gasteiger partial charge in [0.05, 0.1) is 0 Å². The molecule has 0 heterocycles. The Labute approximate surface area is 105 Å². The molecule has 1 aromatic carbocycles. The summed E-state index contributed by atoms with van der Waals surface area (Å²) in [5, 5.41) is 1.50. The van der Waals surface area contributed by atoms with E-state index in [2.05, 4.69) is 69.6 Å². The van der Waals surface area contributed by atoms with Crippen LogP contribution in [-0.2, 0) is 0 Å².